The topological polar surface area (TPSA) is 44.9 Å². The summed E-state index contributed by atoms with van der Waals surface area (Å²) in [6, 6.07) is 16.1. The molecule has 0 spiro atoms. The van der Waals surface area contributed by atoms with Crippen molar-refractivity contribution in [3.8, 4) is 0 Å². The molecule has 25 heavy (non-hydrogen) atoms. The van der Waals surface area contributed by atoms with Crippen LogP contribution in [0.25, 0.3) is 10.9 Å². The summed E-state index contributed by atoms with van der Waals surface area (Å²) in [7, 11) is 0. The summed E-state index contributed by atoms with van der Waals surface area (Å²) in [4.78, 5) is 15.6. The molecule has 1 fully saturated rings. The molecule has 1 saturated carbocycles. The molecule has 0 unspecified atom stereocenters. The van der Waals surface area contributed by atoms with Gasteiger partial charge >= 0.3 is 0 Å². The lowest BCUT2D eigenvalue weighted by atomic mass is 9.90. The van der Waals surface area contributed by atoms with Crippen molar-refractivity contribution in [1.82, 2.24) is 10.3 Å². The molecule has 0 aliphatic heterocycles. The molecule has 1 aliphatic rings. The van der Waals surface area contributed by atoms with Crippen LogP contribution in [0.5, 0.6) is 0 Å². The van der Waals surface area contributed by atoms with Crippen molar-refractivity contribution < 1.29 is 4.79 Å². The summed E-state index contributed by atoms with van der Waals surface area (Å²) in [5, 5.41) is 5.04. The Bertz CT molecular complexity index is 917. The fourth-order valence-electron chi connectivity index (χ4n) is 3.55. The lowest BCUT2D eigenvalue weighted by Crippen LogP contribution is -2.30. The second-order valence-corrected chi connectivity index (χ2v) is 7.34. The van der Waals surface area contributed by atoms with Crippen LogP contribution in [0.4, 0.5) is 0 Å². The van der Waals surface area contributed by atoms with Crippen molar-refractivity contribution in [3.05, 3.63) is 70.9 Å². The number of benzene rings is 2. The molecule has 1 amide bonds. The van der Waals surface area contributed by atoms with Gasteiger partial charge < -0.3 is 10.3 Å². The smallest absolute Gasteiger partial charge is 0.223 e. The molecule has 2 aromatic carbocycles. The van der Waals surface area contributed by atoms with Crippen LogP contribution in [0.3, 0.4) is 0 Å². The lowest BCUT2D eigenvalue weighted by molar-refractivity contribution is -0.122. The number of hydrogen-bond donors (Lipinski definition) is 2. The Morgan fingerprint density at radius 2 is 1.92 bits per heavy atom. The molecular weight excluding hydrogens is 332 g/mol. The average molecular weight is 353 g/mol. The van der Waals surface area contributed by atoms with Crippen molar-refractivity contribution in [1.29, 1.82) is 0 Å². The third kappa shape index (κ3) is 3.16. The van der Waals surface area contributed by atoms with Crippen LogP contribution < -0.4 is 5.32 Å². The second kappa shape index (κ2) is 6.57. The molecule has 4 rings (SSSR count). The molecule has 4 heteroatoms. The lowest BCUT2D eigenvalue weighted by Gasteiger charge is -2.19. The number of carbonyl (C=O) groups excluding carboxylic acids is 1. The number of H-pyrrole nitrogens is 1. The number of aromatic nitrogens is 1. The number of para-hydroxylation sites is 1. The summed E-state index contributed by atoms with van der Waals surface area (Å²) in [5.41, 5.74) is 3.29. The van der Waals surface area contributed by atoms with Crippen LogP contribution >= 0.6 is 11.6 Å². The van der Waals surface area contributed by atoms with Gasteiger partial charge in [-0.15, -0.1) is 0 Å². The number of halogens is 1. The van der Waals surface area contributed by atoms with Gasteiger partial charge in [0, 0.05) is 40.5 Å². The zero-order valence-electron chi connectivity index (χ0n) is 14.1. The molecule has 0 bridgehead atoms. The van der Waals surface area contributed by atoms with Gasteiger partial charge in [0.05, 0.1) is 0 Å². The number of hydrogen-bond acceptors (Lipinski definition) is 1. The van der Waals surface area contributed by atoms with Crippen LogP contribution in [-0.2, 0) is 4.79 Å². The van der Waals surface area contributed by atoms with E-state index in [9.17, 15) is 4.79 Å². The fourth-order valence-corrected chi connectivity index (χ4v) is 3.82. The highest BCUT2D eigenvalue weighted by Crippen LogP contribution is 2.38. The van der Waals surface area contributed by atoms with E-state index >= 15 is 0 Å². The second-order valence-electron chi connectivity index (χ2n) is 6.93. The highest BCUT2D eigenvalue weighted by atomic mass is 35.5. The van der Waals surface area contributed by atoms with E-state index in [1.807, 2.05) is 42.6 Å². The van der Waals surface area contributed by atoms with Gasteiger partial charge in [-0.05, 0) is 35.6 Å². The Morgan fingerprint density at radius 3 is 2.68 bits per heavy atom. The maximum Gasteiger partial charge on any atom is 0.223 e. The minimum absolute atomic E-state index is 0.0165. The molecule has 0 saturated heterocycles. The molecule has 1 aromatic heterocycles. The highest BCUT2D eigenvalue weighted by molar-refractivity contribution is 6.31. The van der Waals surface area contributed by atoms with Crippen molar-refractivity contribution >= 4 is 28.4 Å². The largest absolute Gasteiger partial charge is 0.361 e. The molecule has 1 aliphatic carbocycles. The Morgan fingerprint density at radius 1 is 1.20 bits per heavy atom. The van der Waals surface area contributed by atoms with E-state index in [1.54, 1.807) is 0 Å². The van der Waals surface area contributed by atoms with Gasteiger partial charge in [0.15, 0.2) is 0 Å². The summed E-state index contributed by atoms with van der Waals surface area (Å²) >= 11 is 6.48. The standard InChI is InChI=1S/C21H21ClN2O/c1-13-10-16(13)21(25)24-12-17(14-6-2-4-8-19(14)22)18-11-23-20-9-5-3-7-15(18)20/h2-9,11,13,16-17,23H,10,12H2,1H3,(H,24,25)/t13-,16-,17+/m1/s1. The quantitative estimate of drug-likeness (QED) is 0.685. The Hall–Kier alpha value is -2.26. The van der Waals surface area contributed by atoms with Gasteiger partial charge in [0.25, 0.3) is 0 Å². The van der Waals surface area contributed by atoms with E-state index in [-0.39, 0.29) is 17.7 Å². The number of nitrogens with one attached hydrogen (secondary N) is 2. The van der Waals surface area contributed by atoms with Gasteiger partial charge in [-0.25, -0.2) is 0 Å². The predicted molar refractivity (Wildman–Crippen MR) is 102 cm³/mol. The van der Waals surface area contributed by atoms with Gasteiger partial charge in [0.1, 0.15) is 0 Å². The summed E-state index contributed by atoms with van der Waals surface area (Å²) in [6.45, 7) is 2.67. The Balaban J connectivity index is 1.68. The van der Waals surface area contributed by atoms with Crippen molar-refractivity contribution in [2.45, 2.75) is 19.3 Å². The molecule has 3 nitrogen and oxygen atoms in total. The van der Waals surface area contributed by atoms with Gasteiger partial charge in [-0.3, -0.25) is 4.79 Å². The third-order valence-corrected chi connectivity index (χ3v) is 5.55. The summed E-state index contributed by atoms with van der Waals surface area (Å²) in [5.74, 6) is 0.856. The minimum Gasteiger partial charge on any atom is -0.361 e. The number of carbonyl (C=O) groups is 1. The number of amides is 1. The molecule has 128 valence electrons. The number of fused-ring (bicyclic) bond motifs is 1. The summed E-state index contributed by atoms with van der Waals surface area (Å²) < 4.78 is 0. The first kappa shape index (κ1) is 16.2. The monoisotopic (exact) mass is 352 g/mol. The van der Waals surface area contributed by atoms with Crippen molar-refractivity contribution in [2.75, 3.05) is 6.54 Å². The maximum absolute atomic E-state index is 12.3. The van der Waals surface area contributed by atoms with E-state index in [2.05, 4.69) is 29.4 Å². The van der Waals surface area contributed by atoms with E-state index in [0.717, 1.165) is 28.1 Å². The van der Waals surface area contributed by atoms with Crippen LogP contribution in [0.15, 0.2) is 54.7 Å². The van der Waals surface area contributed by atoms with Gasteiger partial charge in [-0.2, -0.15) is 0 Å². The van der Waals surface area contributed by atoms with E-state index in [1.165, 1.54) is 5.39 Å². The van der Waals surface area contributed by atoms with E-state index in [0.29, 0.717) is 12.5 Å². The minimum atomic E-state index is 0.0165. The normalized spacial score (nSPS) is 20.4. The van der Waals surface area contributed by atoms with Crippen LogP contribution in [-0.4, -0.2) is 17.4 Å². The van der Waals surface area contributed by atoms with Crippen LogP contribution in [0, 0.1) is 11.8 Å². The Labute approximate surface area is 152 Å². The van der Waals surface area contributed by atoms with Gasteiger partial charge in [0.2, 0.25) is 5.91 Å². The molecule has 2 N–H and O–H groups in total. The molecule has 3 aromatic rings. The van der Waals surface area contributed by atoms with Crippen molar-refractivity contribution in [2.24, 2.45) is 11.8 Å². The zero-order chi connectivity index (χ0) is 17.4. The number of aromatic amines is 1. The fraction of sp³-hybridized carbons (Fsp3) is 0.286. The van der Waals surface area contributed by atoms with E-state index in [4.69, 9.17) is 11.6 Å². The molecule has 0 radical (unpaired) electrons. The highest BCUT2D eigenvalue weighted by Gasteiger charge is 2.39. The van der Waals surface area contributed by atoms with Crippen LogP contribution in [0.1, 0.15) is 30.4 Å². The first-order valence-corrected chi connectivity index (χ1v) is 9.11. The predicted octanol–water partition coefficient (Wildman–Crippen LogP) is 4.73. The third-order valence-electron chi connectivity index (χ3n) is 5.20. The van der Waals surface area contributed by atoms with E-state index < -0.39 is 0 Å². The zero-order valence-corrected chi connectivity index (χ0v) is 14.9. The SMILES string of the molecule is C[C@@H]1C[C@H]1C(=O)NC[C@@H](c1ccccc1Cl)c1c[nH]c2ccccc12. The average Bonchev–Trinajstić information content (AvgIpc) is 3.21. The Kier molecular flexibility index (Phi) is 4.26. The first-order chi connectivity index (χ1) is 12.1. The maximum atomic E-state index is 12.3. The molecule has 3 atom stereocenters. The molecular formula is C21H21ClN2O. The number of rotatable bonds is 5. The molecule has 1 heterocycles. The van der Waals surface area contributed by atoms with Crippen molar-refractivity contribution in [3.63, 3.8) is 0 Å². The first-order valence-electron chi connectivity index (χ1n) is 8.73. The van der Waals surface area contributed by atoms with Crippen LogP contribution in [0.2, 0.25) is 5.02 Å². The summed E-state index contributed by atoms with van der Waals surface area (Å²) in [6.07, 6.45) is 3.03. The van der Waals surface area contributed by atoms with Gasteiger partial charge in [-0.1, -0.05) is 54.9 Å².